The summed E-state index contributed by atoms with van der Waals surface area (Å²) in [7, 11) is 2.92. The van der Waals surface area contributed by atoms with Crippen LogP contribution in [0.25, 0.3) is 0 Å². The Balaban J connectivity index is 1.95. The second kappa shape index (κ2) is 7.87. The predicted octanol–water partition coefficient (Wildman–Crippen LogP) is 2.20. The topological polar surface area (TPSA) is 94.1 Å². The van der Waals surface area contributed by atoms with E-state index in [0.717, 1.165) is 0 Å². The van der Waals surface area contributed by atoms with E-state index in [0.29, 0.717) is 17.2 Å². The molecule has 0 aromatic heterocycles. The van der Waals surface area contributed by atoms with Gasteiger partial charge in [0, 0.05) is 11.8 Å². The van der Waals surface area contributed by atoms with Gasteiger partial charge in [0.05, 0.1) is 14.2 Å². The lowest BCUT2D eigenvalue weighted by molar-refractivity contribution is -0.119. The van der Waals surface area contributed by atoms with Crippen LogP contribution < -0.4 is 14.8 Å². The first-order valence-electron chi connectivity index (χ1n) is 7.01. The molecule has 0 bridgehead atoms. The van der Waals surface area contributed by atoms with Crippen molar-refractivity contribution in [2.45, 2.75) is 0 Å². The highest BCUT2D eigenvalue weighted by Gasteiger charge is 2.16. The highest BCUT2D eigenvalue weighted by atomic mass is 16.5. The molecule has 126 valence electrons. The Bertz CT molecular complexity index is 726. The van der Waals surface area contributed by atoms with Crippen LogP contribution in [0.5, 0.6) is 17.2 Å². The maximum atomic E-state index is 12.1. The molecule has 0 aliphatic heterocycles. The van der Waals surface area contributed by atoms with Crippen molar-refractivity contribution in [3.63, 3.8) is 0 Å². The Kier molecular flexibility index (Phi) is 5.62. The van der Waals surface area contributed by atoms with Gasteiger partial charge in [-0.05, 0) is 36.4 Å². The summed E-state index contributed by atoms with van der Waals surface area (Å²) >= 11 is 0. The maximum Gasteiger partial charge on any atom is 0.342 e. The minimum atomic E-state index is -0.685. The van der Waals surface area contributed by atoms with Gasteiger partial charge in [0.2, 0.25) is 0 Å². The zero-order chi connectivity index (χ0) is 17.5. The third-order valence-electron chi connectivity index (χ3n) is 3.11. The van der Waals surface area contributed by atoms with Gasteiger partial charge in [-0.15, -0.1) is 0 Å². The van der Waals surface area contributed by atoms with Crippen LogP contribution in [0.4, 0.5) is 5.69 Å². The Morgan fingerprint density at radius 3 is 2.38 bits per heavy atom. The van der Waals surface area contributed by atoms with Gasteiger partial charge in [-0.2, -0.15) is 0 Å². The standard InChI is InChI=1S/C17H17NO6/c1-22-13-7-8-14(15(9-13)23-2)17(21)24-10-16(20)18-11-3-5-12(19)6-4-11/h3-9,19H,10H2,1-2H3,(H,18,20). The number of aromatic hydroxyl groups is 1. The SMILES string of the molecule is COc1ccc(C(=O)OCC(=O)Nc2ccc(O)cc2)c(OC)c1. The van der Waals surface area contributed by atoms with Crippen LogP contribution in [0, 0.1) is 0 Å². The van der Waals surface area contributed by atoms with Gasteiger partial charge in [0.1, 0.15) is 22.8 Å². The summed E-state index contributed by atoms with van der Waals surface area (Å²) in [5.41, 5.74) is 0.673. The molecule has 0 radical (unpaired) electrons. The summed E-state index contributed by atoms with van der Waals surface area (Å²) in [6.07, 6.45) is 0. The molecule has 2 N–H and O–H groups in total. The maximum absolute atomic E-state index is 12.1. The second-order valence-electron chi connectivity index (χ2n) is 4.74. The van der Waals surface area contributed by atoms with Gasteiger partial charge in [0.15, 0.2) is 6.61 Å². The van der Waals surface area contributed by atoms with Crippen molar-refractivity contribution in [3.8, 4) is 17.2 Å². The largest absolute Gasteiger partial charge is 0.508 e. The number of rotatable bonds is 6. The molecule has 0 fully saturated rings. The number of benzene rings is 2. The van der Waals surface area contributed by atoms with E-state index >= 15 is 0 Å². The van der Waals surface area contributed by atoms with Gasteiger partial charge < -0.3 is 24.6 Å². The smallest absolute Gasteiger partial charge is 0.342 e. The number of hydrogen-bond donors (Lipinski definition) is 2. The lowest BCUT2D eigenvalue weighted by Gasteiger charge is -2.10. The molecule has 0 aliphatic carbocycles. The summed E-state index contributed by atoms with van der Waals surface area (Å²) in [6, 6.07) is 10.6. The molecule has 0 aliphatic rings. The molecule has 0 unspecified atom stereocenters. The predicted molar refractivity (Wildman–Crippen MR) is 86.6 cm³/mol. The number of carbonyl (C=O) groups is 2. The number of methoxy groups -OCH3 is 2. The summed E-state index contributed by atoms with van der Waals surface area (Å²) in [6.45, 7) is -0.450. The minimum absolute atomic E-state index is 0.0889. The number of ether oxygens (including phenoxy) is 3. The highest BCUT2D eigenvalue weighted by molar-refractivity contribution is 5.96. The van der Waals surface area contributed by atoms with Gasteiger partial charge in [-0.1, -0.05) is 0 Å². The molecular formula is C17H17NO6. The zero-order valence-electron chi connectivity index (χ0n) is 13.2. The molecule has 0 spiro atoms. The molecule has 7 nitrogen and oxygen atoms in total. The Labute approximate surface area is 138 Å². The summed E-state index contributed by atoms with van der Waals surface area (Å²) in [5, 5.41) is 11.7. The van der Waals surface area contributed by atoms with E-state index in [9.17, 15) is 14.7 Å². The normalized spacial score (nSPS) is 9.92. The fourth-order valence-electron chi connectivity index (χ4n) is 1.92. The summed E-state index contributed by atoms with van der Waals surface area (Å²) in [4.78, 5) is 23.9. The lowest BCUT2D eigenvalue weighted by Crippen LogP contribution is -2.21. The number of nitrogens with one attached hydrogen (secondary N) is 1. The van der Waals surface area contributed by atoms with Crippen molar-refractivity contribution < 1.29 is 28.9 Å². The minimum Gasteiger partial charge on any atom is -0.508 e. The molecule has 0 saturated carbocycles. The lowest BCUT2D eigenvalue weighted by atomic mass is 10.2. The Hall–Kier alpha value is -3.22. The fraction of sp³-hybridized carbons (Fsp3) is 0.176. The summed E-state index contributed by atoms with van der Waals surface area (Å²) < 4.78 is 15.1. The van der Waals surface area contributed by atoms with Crippen LogP contribution in [0.15, 0.2) is 42.5 Å². The van der Waals surface area contributed by atoms with Crippen LogP contribution in [0.1, 0.15) is 10.4 Å². The molecule has 2 aromatic rings. The van der Waals surface area contributed by atoms with Crippen molar-refractivity contribution in [2.75, 3.05) is 26.1 Å². The zero-order valence-corrected chi connectivity index (χ0v) is 13.2. The van der Waals surface area contributed by atoms with Gasteiger partial charge in [-0.3, -0.25) is 4.79 Å². The molecule has 2 rings (SSSR count). The monoisotopic (exact) mass is 331 g/mol. The van der Waals surface area contributed by atoms with Crippen molar-refractivity contribution >= 4 is 17.6 Å². The van der Waals surface area contributed by atoms with Gasteiger partial charge in [-0.25, -0.2) is 4.79 Å². The fourth-order valence-corrected chi connectivity index (χ4v) is 1.92. The number of amides is 1. The number of esters is 1. The first-order valence-corrected chi connectivity index (χ1v) is 7.01. The third-order valence-corrected chi connectivity index (χ3v) is 3.11. The van der Waals surface area contributed by atoms with E-state index in [-0.39, 0.29) is 11.3 Å². The first kappa shape index (κ1) is 17.1. The van der Waals surface area contributed by atoms with Crippen molar-refractivity contribution in [1.29, 1.82) is 0 Å². The number of hydrogen-bond acceptors (Lipinski definition) is 6. The quantitative estimate of drug-likeness (QED) is 0.622. The van der Waals surface area contributed by atoms with Crippen molar-refractivity contribution in [1.82, 2.24) is 0 Å². The van der Waals surface area contributed by atoms with Crippen LogP contribution >= 0.6 is 0 Å². The van der Waals surface area contributed by atoms with Gasteiger partial charge in [0.25, 0.3) is 5.91 Å². The number of carbonyl (C=O) groups excluding carboxylic acids is 2. The van der Waals surface area contributed by atoms with E-state index in [4.69, 9.17) is 14.2 Å². The van der Waals surface area contributed by atoms with Crippen molar-refractivity contribution in [2.24, 2.45) is 0 Å². The second-order valence-corrected chi connectivity index (χ2v) is 4.74. The van der Waals surface area contributed by atoms with E-state index < -0.39 is 18.5 Å². The molecule has 0 atom stereocenters. The molecule has 24 heavy (non-hydrogen) atoms. The number of anilines is 1. The molecule has 7 heteroatoms. The highest BCUT2D eigenvalue weighted by Crippen LogP contribution is 2.25. The number of phenolic OH excluding ortho intramolecular Hbond substituents is 1. The van der Waals surface area contributed by atoms with Crippen LogP contribution in [-0.2, 0) is 9.53 Å². The molecule has 0 heterocycles. The average molecular weight is 331 g/mol. The summed E-state index contributed by atoms with van der Waals surface area (Å²) in [5.74, 6) is -0.269. The molecule has 1 amide bonds. The average Bonchev–Trinajstić information content (AvgIpc) is 2.61. The van der Waals surface area contributed by atoms with E-state index in [1.54, 1.807) is 12.1 Å². The number of phenols is 1. The first-order chi connectivity index (χ1) is 11.5. The Morgan fingerprint density at radius 1 is 1.04 bits per heavy atom. The Morgan fingerprint density at radius 2 is 1.75 bits per heavy atom. The van der Waals surface area contributed by atoms with E-state index in [1.807, 2.05) is 0 Å². The molecule has 0 saturated heterocycles. The molecule has 2 aromatic carbocycles. The van der Waals surface area contributed by atoms with E-state index in [2.05, 4.69) is 5.32 Å². The van der Waals surface area contributed by atoms with Crippen LogP contribution in [-0.4, -0.2) is 37.8 Å². The van der Waals surface area contributed by atoms with Crippen molar-refractivity contribution in [3.05, 3.63) is 48.0 Å². The third kappa shape index (κ3) is 4.39. The van der Waals surface area contributed by atoms with Gasteiger partial charge >= 0.3 is 5.97 Å². The molecular weight excluding hydrogens is 314 g/mol. The van der Waals surface area contributed by atoms with E-state index in [1.165, 1.54) is 44.6 Å². The van der Waals surface area contributed by atoms with Crippen LogP contribution in [0.2, 0.25) is 0 Å². The van der Waals surface area contributed by atoms with Crippen LogP contribution in [0.3, 0.4) is 0 Å².